The van der Waals surface area contributed by atoms with Gasteiger partial charge in [-0.15, -0.1) is 0 Å². The molecule has 9 heteroatoms. The monoisotopic (exact) mass is 541 g/mol. The molecule has 0 saturated carbocycles. The van der Waals surface area contributed by atoms with Crippen LogP contribution in [0.5, 0.6) is 5.75 Å². The summed E-state index contributed by atoms with van der Waals surface area (Å²) in [5.41, 5.74) is 8.88. The molecule has 1 amide bonds. The number of rotatable bonds is 6. The Kier molecular flexibility index (Phi) is 7.49. The summed E-state index contributed by atoms with van der Waals surface area (Å²) in [4.78, 5) is 16.9. The second-order valence-corrected chi connectivity index (χ2v) is 10.2. The van der Waals surface area contributed by atoms with Crippen molar-refractivity contribution >= 4 is 40.5 Å². The largest absolute Gasteiger partial charge is 0.491 e. The maximum atomic E-state index is 12.7. The zero-order valence-corrected chi connectivity index (χ0v) is 22.0. The maximum absolute atomic E-state index is 12.7. The normalized spacial score (nSPS) is 21.8. The number of nitrogen functional groups attached to an aromatic ring is 1. The van der Waals surface area contributed by atoms with Gasteiger partial charge in [-0.1, -0.05) is 29.3 Å². The van der Waals surface area contributed by atoms with Crippen molar-refractivity contribution in [3.63, 3.8) is 0 Å². The van der Waals surface area contributed by atoms with E-state index in [-0.39, 0.29) is 12.0 Å². The van der Waals surface area contributed by atoms with Gasteiger partial charge < -0.3 is 29.7 Å². The lowest BCUT2D eigenvalue weighted by atomic mass is 10.1. The molecule has 194 valence electrons. The number of ether oxygens (including phenoxy) is 3. The molecule has 2 aliphatic heterocycles. The predicted molar refractivity (Wildman–Crippen MR) is 146 cm³/mol. The molecular weight excluding hydrogens is 513 g/mol. The van der Waals surface area contributed by atoms with Gasteiger partial charge in [0.05, 0.1) is 11.6 Å². The van der Waals surface area contributed by atoms with Gasteiger partial charge in [0.15, 0.2) is 5.79 Å². The molecule has 2 fully saturated rings. The van der Waals surface area contributed by atoms with E-state index in [0.717, 1.165) is 30.1 Å². The zero-order chi connectivity index (χ0) is 26.0. The number of nitrogens with two attached hydrogens (primary N) is 1. The number of hydrogen-bond donors (Lipinski definition) is 1. The number of amides is 1. The number of carbonyl (C=O) groups is 1. The van der Waals surface area contributed by atoms with Crippen LogP contribution < -0.4 is 15.4 Å². The number of piperazine rings is 1. The summed E-state index contributed by atoms with van der Waals surface area (Å²) in [5.74, 6) is -0.157. The van der Waals surface area contributed by atoms with Gasteiger partial charge in [0.2, 0.25) is 0 Å². The first-order valence-electron chi connectivity index (χ1n) is 12.2. The van der Waals surface area contributed by atoms with Crippen LogP contribution in [0.3, 0.4) is 0 Å². The van der Waals surface area contributed by atoms with E-state index in [1.54, 1.807) is 36.4 Å². The SMILES string of the molecule is C[C@]1(c2ccc(Cl)cc2Cl)OC[C@@H](COc2ccc(N3CCN(C(=O)c4ccc(N)cc4)CC3)cc2)O1. The third-order valence-electron chi connectivity index (χ3n) is 6.72. The Labute approximate surface area is 226 Å². The van der Waals surface area contributed by atoms with Crippen molar-refractivity contribution in [2.24, 2.45) is 0 Å². The van der Waals surface area contributed by atoms with Crippen LogP contribution in [0.2, 0.25) is 10.0 Å². The van der Waals surface area contributed by atoms with Gasteiger partial charge in [-0.3, -0.25) is 4.79 Å². The Balaban J connectivity index is 1.11. The lowest BCUT2D eigenvalue weighted by Gasteiger charge is -2.36. The standard InChI is InChI=1S/C28H29Cl2N3O4/c1-28(25-11-4-20(29)16-26(25)30)36-18-24(37-28)17-35-23-9-7-22(8-10-23)32-12-14-33(15-13-32)27(34)19-2-5-21(31)6-3-19/h2-11,16,24H,12-15,17-18,31H2,1H3/t24-,28+/m1/s1. The predicted octanol–water partition coefficient (Wildman–Crippen LogP) is 5.21. The van der Waals surface area contributed by atoms with Gasteiger partial charge in [0.1, 0.15) is 18.5 Å². The van der Waals surface area contributed by atoms with Crippen molar-refractivity contribution in [1.29, 1.82) is 0 Å². The third-order valence-corrected chi connectivity index (χ3v) is 7.27. The van der Waals surface area contributed by atoms with Crippen LogP contribution in [-0.4, -0.2) is 56.3 Å². The summed E-state index contributed by atoms with van der Waals surface area (Å²) in [6, 6.07) is 20.3. The van der Waals surface area contributed by atoms with Gasteiger partial charge in [-0.2, -0.15) is 0 Å². The molecule has 0 radical (unpaired) electrons. The minimum absolute atomic E-state index is 0.0379. The number of benzene rings is 3. The fraction of sp³-hybridized carbons (Fsp3) is 0.321. The molecule has 7 nitrogen and oxygen atoms in total. The highest BCUT2D eigenvalue weighted by molar-refractivity contribution is 6.35. The summed E-state index contributed by atoms with van der Waals surface area (Å²) in [6.45, 7) is 5.45. The summed E-state index contributed by atoms with van der Waals surface area (Å²) in [5, 5.41) is 1.06. The molecule has 2 saturated heterocycles. The Morgan fingerprint density at radius 1 is 1.03 bits per heavy atom. The van der Waals surface area contributed by atoms with E-state index < -0.39 is 5.79 Å². The quantitative estimate of drug-likeness (QED) is 0.432. The molecule has 2 aliphatic rings. The van der Waals surface area contributed by atoms with Crippen LogP contribution in [0.15, 0.2) is 66.7 Å². The minimum Gasteiger partial charge on any atom is -0.491 e. The summed E-state index contributed by atoms with van der Waals surface area (Å²) in [7, 11) is 0. The summed E-state index contributed by atoms with van der Waals surface area (Å²) in [6.07, 6.45) is -0.233. The van der Waals surface area contributed by atoms with Crippen molar-refractivity contribution in [2.45, 2.75) is 18.8 Å². The second-order valence-electron chi connectivity index (χ2n) is 9.33. The van der Waals surface area contributed by atoms with Crippen LogP contribution in [0.25, 0.3) is 0 Å². The summed E-state index contributed by atoms with van der Waals surface area (Å²) < 4.78 is 18.1. The molecule has 3 aromatic carbocycles. The van der Waals surface area contributed by atoms with E-state index in [2.05, 4.69) is 4.90 Å². The van der Waals surface area contributed by atoms with E-state index in [1.807, 2.05) is 42.2 Å². The average molecular weight is 542 g/mol. The third kappa shape index (κ3) is 5.80. The second kappa shape index (κ2) is 10.8. The van der Waals surface area contributed by atoms with Crippen LogP contribution in [-0.2, 0) is 15.3 Å². The molecule has 3 aromatic rings. The lowest BCUT2D eigenvalue weighted by molar-refractivity contribution is -0.164. The highest BCUT2D eigenvalue weighted by atomic mass is 35.5. The van der Waals surface area contributed by atoms with Gasteiger partial charge in [-0.05, 0) is 67.6 Å². The molecule has 2 N–H and O–H groups in total. The number of nitrogens with zero attached hydrogens (tertiary/aromatic N) is 2. The van der Waals surface area contributed by atoms with Gasteiger partial charge in [0, 0.05) is 53.7 Å². The van der Waals surface area contributed by atoms with Crippen molar-refractivity contribution in [3.05, 3.63) is 87.9 Å². The molecule has 0 aliphatic carbocycles. The molecule has 0 spiro atoms. The molecule has 0 aromatic heterocycles. The number of carbonyl (C=O) groups excluding carboxylic acids is 1. The topological polar surface area (TPSA) is 77.3 Å². The van der Waals surface area contributed by atoms with Crippen molar-refractivity contribution < 1.29 is 19.0 Å². The lowest BCUT2D eigenvalue weighted by Crippen LogP contribution is -2.48. The first-order valence-corrected chi connectivity index (χ1v) is 13.0. The van der Waals surface area contributed by atoms with E-state index in [9.17, 15) is 4.79 Å². The maximum Gasteiger partial charge on any atom is 0.253 e. The zero-order valence-electron chi connectivity index (χ0n) is 20.5. The summed E-state index contributed by atoms with van der Waals surface area (Å²) >= 11 is 12.4. The molecule has 0 bridgehead atoms. The molecule has 2 atom stereocenters. The Morgan fingerprint density at radius 2 is 1.73 bits per heavy atom. The van der Waals surface area contributed by atoms with Crippen LogP contribution >= 0.6 is 23.2 Å². The Bertz CT molecular complexity index is 1250. The molecule has 0 unspecified atom stereocenters. The fourth-order valence-electron chi connectivity index (χ4n) is 4.64. The van der Waals surface area contributed by atoms with Gasteiger partial charge in [0.25, 0.3) is 5.91 Å². The average Bonchev–Trinajstić information content (AvgIpc) is 3.29. The van der Waals surface area contributed by atoms with Gasteiger partial charge >= 0.3 is 0 Å². The minimum atomic E-state index is -0.947. The van der Waals surface area contributed by atoms with Crippen LogP contribution in [0.1, 0.15) is 22.8 Å². The smallest absolute Gasteiger partial charge is 0.253 e. The molecule has 2 heterocycles. The highest BCUT2D eigenvalue weighted by Crippen LogP contribution is 2.38. The van der Waals surface area contributed by atoms with Gasteiger partial charge in [-0.25, -0.2) is 0 Å². The number of anilines is 2. The first-order chi connectivity index (χ1) is 17.8. The van der Waals surface area contributed by atoms with Crippen LogP contribution in [0.4, 0.5) is 11.4 Å². The van der Waals surface area contributed by atoms with E-state index in [0.29, 0.717) is 47.6 Å². The Hall–Kier alpha value is -2.97. The molecule has 5 rings (SSSR count). The van der Waals surface area contributed by atoms with Crippen molar-refractivity contribution in [2.75, 3.05) is 50.0 Å². The van der Waals surface area contributed by atoms with Crippen molar-refractivity contribution in [3.8, 4) is 5.75 Å². The highest BCUT2D eigenvalue weighted by Gasteiger charge is 2.40. The molecular formula is C28H29Cl2N3O4. The first kappa shape index (κ1) is 25.7. The Morgan fingerprint density at radius 3 is 2.41 bits per heavy atom. The fourth-order valence-corrected chi connectivity index (χ4v) is 5.22. The van der Waals surface area contributed by atoms with E-state index >= 15 is 0 Å². The number of halogens is 2. The number of hydrogen-bond acceptors (Lipinski definition) is 6. The van der Waals surface area contributed by atoms with E-state index in [4.69, 9.17) is 43.1 Å². The van der Waals surface area contributed by atoms with Crippen LogP contribution in [0, 0.1) is 0 Å². The van der Waals surface area contributed by atoms with E-state index in [1.165, 1.54) is 0 Å². The van der Waals surface area contributed by atoms with Crippen molar-refractivity contribution in [1.82, 2.24) is 4.90 Å². The molecule has 37 heavy (non-hydrogen) atoms.